The Kier molecular flexibility index (Phi) is 4.07. The maximum atomic E-state index is 5.82. The molecule has 2 aliphatic rings. The van der Waals surface area contributed by atoms with Crippen molar-refractivity contribution in [3.63, 3.8) is 0 Å². The smallest absolute Gasteiger partial charge is 0.222 e. The number of hydrogen-bond acceptors (Lipinski definition) is 6. The molecule has 0 atom stereocenters. The Morgan fingerprint density at radius 1 is 0.786 bits per heavy atom. The predicted molar refractivity (Wildman–Crippen MR) is 114 cm³/mol. The summed E-state index contributed by atoms with van der Waals surface area (Å²) in [5.74, 6) is 2.35. The Morgan fingerprint density at radius 3 is 2.11 bits per heavy atom. The van der Waals surface area contributed by atoms with Crippen molar-refractivity contribution >= 4 is 28.5 Å². The van der Waals surface area contributed by atoms with Crippen molar-refractivity contribution in [2.45, 2.75) is 33.1 Å². The van der Waals surface area contributed by atoms with E-state index < -0.39 is 0 Å². The van der Waals surface area contributed by atoms with Crippen LogP contribution in [0.4, 0.5) is 17.6 Å². The van der Waals surface area contributed by atoms with Crippen LogP contribution in [0.15, 0.2) is 24.3 Å². The van der Waals surface area contributed by atoms with E-state index in [1.807, 2.05) is 13.0 Å². The second kappa shape index (κ2) is 6.62. The van der Waals surface area contributed by atoms with Gasteiger partial charge in [0.15, 0.2) is 0 Å². The number of benzene rings is 1. The van der Waals surface area contributed by atoms with Gasteiger partial charge in [-0.25, -0.2) is 9.97 Å². The fourth-order valence-corrected chi connectivity index (χ4v) is 4.51. The zero-order valence-electron chi connectivity index (χ0n) is 16.6. The molecule has 2 aromatic heterocycles. The first kappa shape index (κ1) is 17.2. The molecule has 0 unspecified atom stereocenters. The Morgan fingerprint density at radius 2 is 1.43 bits per heavy atom. The van der Waals surface area contributed by atoms with Crippen LogP contribution in [0.1, 0.15) is 28.8 Å². The van der Waals surface area contributed by atoms with Crippen molar-refractivity contribution in [1.82, 2.24) is 15.0 Å². The van der Waals surface area contributed by atoms with Gasteiger partial charge in [0.1, 0.15) is 11.6 Å². The molecule has 3 aromatic rings. The van der Waals surface area contributed by atoms with E-state index in [4.69, 9.17) is 10.7 Å². The largest absolute Gasteiger partial charge is 0.368 e. The second-order valence-corrected chi connectivity index (χ2v) is 7.99. The van der Waals surface area contributed by atoms with Gasteiger partial charge in [-0.3, -0.25) is 0 Å². The molecule has 6 nitrogen and oxygen atoms in total. The van der Waals surface area contributed by atoms with E-state index in [1.165, 1.54) is 41.3 Å². The van der Waals surface area contributed by atoms with Gasteiger partial charge in [-0.1, -0.05) is 0 Å². The highest BCUT2D eigenvalue weighted by Crippen LogP contribution is 2.30. The highest BCUT2D eigenvalue weighted by Gasteiger charge is 2.21. The van der Waals surface area contributed by atoms with E-state index in [1.54, 1.807) is 0 Å². The third-order valence-electron chi connectivity index (χ3n) is 6.00. The number of pyridine rings is 1. The standard InChI is InChI=1S/C22H26N6/c1-14-10-20(25-19-13-17-5-3-4-16(17)12-18(14)19)27-6-8-28(9-7-27)21-11-15(2)24-22(23)26-21/h10-13H,3-9H2,1-2H3,(H2,23,24,26). The molecule has 1 aliphatic heterocycles. The molecule has 0 spiro atoms. The van der Waals surface area contributed by atoms with Crippen molar-refractivity contribution in [1.29, 1.82) is 0 Å². The molecular weight excluding hydrogens is 348 g/mol. The number of nitrogens with two attached hydrogens (primary N) is 1. The topological polar surface area (TPSA) is 71.2 Å². The van der Waals surface area contributed by atoms with Gasteiger partial charge in [0.2, 0.25) is 5.95 Å². The number of fused-ring (bicyclic) bond motifs is 2. The lowest BCUT2D eigenvalue weighted by molar-refractivity contribution is 0.641. The molecule has 1 aliphatic carbocycles. The molecule has 0 radical (unpaired) electrons. The Balaban J connectivity index is 1.39. The van der Waals surface area contributed by atoms with Gasteiger partial charge in [0.25, 0.3) is 0 Å². The fraction of sp³-hybridized carbons (Fsp3) is 0.409. The summed E-state index contributed by atoms with van der Waals surface area (Å²) in [4.78, 5) is 18.3. The highest BCUT2D eigenvalue weighted by atomic mass is 15.3. The van der Waals surface area contributed by atoms with Gasteiger partial charge < -0.3 is 15.5 Å². The fourth-order valence-electron chi connectivity index (χ4n) is 4.51. The summed E-state index contributed by atoms with van der Waals surface area (Å²) >= 11 is 0. The van der Waals surface area contributed by atoms with E-state index in [0.29, 0.717) is 5.95 Å². The molecule has 1 aromatic carbocycles. The molecule has 28 heavy (non-hydrogen) atoms. The molecule has 2 N–H and O–H groups in total. The summed E-state index contributed by atoms with van der Waals surface area (Å²) in [5, 5.41) is 1.30. The molecule has 3 heterocycles. The van der Waals surface area contributed by atoms with Crippen molar-refractivity contribution in [2.75, 3.05) is 41.7 Å². The van der Waals surface area contributed by atoms with Gasteiger partial charge in [-0.05, 0) is 68.0 Å². The molecule has 144 valence electrons. The summed E-state index contributed by atoms with van der Waals surface area (Å²) in [6.45, 7) is 7.81. The van der Waals surface area contributed by atoms with Gasteiger partial charge in [0.05, 0.1) is 5.52 Å². The monoisotopic (exact) mass is 374 g/mol. The number of nitrogen functional groups attached to an aromatic ring is 1. The third-order valence-corrected chi connectivity index (χ3v) is 6.00. The Labute approximate surface area is 165 Å². The molecule has 5 rings (SSSR count). The molecule has 0 amide bonds. The van der Waals surface area contributed by atoms with E-state index in [-0.39, 0.29) is 0 Å². The van der Waals surface area contributed by atoms with Gasteiger partial charge in [0, 0.05) is 43.3 Å². The molecule has 0 bridgehead atoms. The minimum Gasteiger partial charge on any atom is -0.368 e. The minimum absolute atomic E-state index is 0.344. The maximum absolute atomic E-state index is 5.82. The number of piperazine rings is 1. The zero-order valence-corrected chi connectivity index (χ0v) is 16.6. The molecule has 1 fully saturated rings. The van der Waals surface area contributed by atoms with Gasteiger partial charge >= 0.3 is 0 Å². The lowest BCUT2D eigenvalue weighted by atomic mass is 10.0. The van der Waals surface area contributed by atoms with Gasteiger partial charge in [-0.15, -0.1) is 0 Å². The van der Waals surface area contributed by atoms with Crippen LogP contribution < -0.4 is 15.5 Å². The molecule has 1 saturated heterocycles. The summed E-state index contributed by atoms with van der Waals surface area (Å²) in [6, 6.07) is 8.93. The lowest BCUT2D eigenvalue weighted by Crippen LogP contribution is -2.47. The van der Waals surface area contributed by atoms with Crippen LogP contribution in [-0.2, 0) is 12.8 Å². The Bertz CT molecular complexity index is 1030. The number of anilines is 3. The van der Waals surface area contributed by atoms with E-state index in [9.17, 15) is 0 Å². The number of aromatic nitrogens is 3. The minimum atomic E-state index is 0.344. The average molecular weight is 374 g/mol. The van der Waals surface area contributed by atoms with Crippen molar-refractivity contribution < 1.29 is 0 Å². The normalized spacial score (nSPS) is 16.6. The first-order valence-corrected chi connectivity index (χ1v) is 10.1. The summed E-state index contributed by atoms with van der Waals surface area (Å²) in [5.41, 5.74) is 12.2. The van der Waals surface area contributed by atoms with Gasteiger partial charge in [-0.2, -0.15) is 4.98 Å². The third kappa shape index (κ3) is 3.03. The number of aryl methyl sites for hydroxylation is 4. The van der Waals surface area contributed by atoms with E-state index in [0.717, 1.165) is 49.0 Å². The quantitative estimate of drug-likeness (QED) is 0.743. The molecular formula is C22H26N6. The van der Waals surface area contributed by atoms with Crippen LogP contribution in [0, 0.1) is 13.8 Å². The van der Waals surface area contributed by atoms with E-state index >= 15 is 0 Å². The van der Waals surface area contributed by atoms with E-state index in [2.05, 4.69) is 44.9 Å². The molecule has 0 saturated carbocycles. The molecule has 6 heteroatoms. The van der Waals surface area contributed by atoms with Crippen LogP contribution in [0.5, 0.6) is 0 Å². The first-order chi connectivity index (χ1) is 13.6. The van der Waals surface area contributed by atoms with Crippen molar-refractivity contribution in [2.24, 2.45) is 0 Å². The Hall–Kier alpha value is -2.89. The van der Waals surface area contributed by atoms with Crippen LogP contribution in [-0.4, -0.2) is 41.1 Å². The number of hydrogen-bond donors (Lipinski definition) is 1. The summed E-state index contributed by atoms with van der Waals surface area (Å²) in [7, 11) is 0. The first-order valence-electron chi connectivity index (χ1n) is 10.1. The van der Waals surface area contributed by atoms with Crippen molar-refractivity contribution in [3.05, 3.63) is 46.6 Å². The number of rotatable bonds is 2. The van der Waals surface area contributed by atoms with Crippen LogP contribution in [0.25, 0.3) is 10.9 Å². The van der Waals surface area contributed by atoms with Crippen LogP contribution >= 0.6 is 0 Å². The number of nitrogens with zero attached hydrogens (tertiary/aromatic N) is 5. The average Bonchev–Trinajstić information content (AvgIpc) is 3.13. The van der Waals surface area contributed by atoms with Crippen molar-refractivity contribution in [3.8, 4) is 0 Å². The zero-order chi connectivity index (χ0) is 19.3. The SMILES string of the molecule is Cc1cc(N2CCN(c3cc(C)c4cc5c(cc4n3)CCC5)CC2)nc(N)n1. The highest BCUT2D eigenvalue weighted by molar-refractivity contribution is 5.85. The maximum Gasteiger partial charge on any atom is 0.222 e. The van der Waals surface area contributed by atoms with Crippen LogP contribution in [0.3, 0.4) is 0 Å². The summed E-state index contributed by atoms with van der Waals surface area (Å²) in [6.07, 6.45) is 3.67. The lowest BCUT2D eigenvalue weighted by Gasteiger charge is -2.36. The second-order valence-electron chi connectivity index (χ2n) is 7.99. The summed E-state index contributed by atoms with van der Waals surface area (Å²) < 4.78 is 0. The van der Waals surface area contributed by atoms with Crippen LogP contribution in [0.2, 0.25) is 0 Å². The predicted octanol–water partition coefficient (Wildman–Crippen LogP) is 3.04.